The van der Waals surface area contributed by atoms with Gasteiger partial charge in [-0.2, -0.15) is 0 Å². The van der Waals surface area contributed by atoms with Crippen molar-refractivity contribution in [3.8, 4) is 0 Å². The van der Waals surface area contributed by atoms with Crippen LogP contribution in [0.2, 0.25) is 0 Å². The van der Waals surface area contributed by atoms with Gasteiger partial charge >= 0.3 is 0 Å². The maximum atomic E-state index is 3.70. The maximum absolute atomic E-state index is 3.70. The van der Waals surface area contributed by atoms with Crippen molar-refractivity contribution in [3.05, 3.63) is 35.9 Å². The van der Waals surface area contributed by atoms with Crippen LogP contribution in [0.4, 0.5) is 0 Å². The van der Waals surface area contributed by atoms with E-state index in [1.54, 1.807) is 0 Å². The molecule has 3 rings (SSSR count). The predicted octanol–water partition coefficient (Wildman–Crippen LogP) is 1.67. The highest BCUT2D eigenvalue weighted by Crippen LogP contribution is 2.20. The molecule has 0 radical (unpaired) electrons. The topological polar surface area (TPSA) is 15.3 Å². The van der Waals surface area contributed by atoms with Crippen LogP contribution < -0.4 is 5.32 Å². The Morgan fingerprint density at radius 3 is 3.00 bits per heavy atom. The van der Waals surface area contributed by atoms with Crippen LogP contribution in [0.25, 0.3) is 0 Å². The number of nitrogens with zero attached hydrogens (tertiary/aromatic N) is 1. The minimum atomic E-state index is 0.650. The second kappa shape index (κ2) is 4.56. The smallest absolute Gasteiger partial charge is 0.0236 e. The highest BCUT2D eigenvalue weighted by Gasteiger charge is 2.30. The monoisotopic (exact) mass is 216 g/mol. The third kappa shape index (κ3) is 2.13. The number of fused-ring (bicyclic) bond motifs is 1. The summed E-state index contributed by atoms with van der Waals surface area (Å²) >= 11 is 0. The molecule has 0 saturated carbocycles. The zero-order valence-electron chi connectivity index (χ0n) is 9.73. The Bertz CT molecular complexity index is 336. The molecule has 16 heavy (non-hydrogen) atoms. The molecule has 2 heteroatoms. The van der Waals surface area contributed by atoms with E-state index >= 15 is 0 Å². The van der Waals surface area contributed by atoms with Crippen LogP contribution in [0, 0.1) is 0 Å². The van der Waals surface area contributed by atoms with Crippen LogP contribution >= 0.6 is 0 Å². The van der Waals surface area contributed by atoms with Crippen molar-refractivity contribution in [2.24, 2.45) is 0 Å². The SMILES string of the molecule is c1ccc(C[C@@H]2CN3CCC[C@@H]3CN2)cc1. The number of piperazine rings is 1. The summed E-state index contributed by atoms with van der Waals surface area (Å²) in [6.07, 6.45) is 3.96. The molecule has 2 atom stereocenters. The molecule has 2 fully saturated rings. The fourth-order valence-corrected chi connectivity index (χ4v) is 3.05. The quantitative estimate of drug-likeness (QED) is 0.809. The highest BCUT2D eigenvalue weighted by atomic mass is 15.2. The molecule has 0 aromatic heterocycles. The molecule has 1 aromatic rings. The summed E-state index contributed by atoms with van der Waals surface area (Å²) in [4.78, 5) is 2.67. The maximum Gasteiger partial charge on any atom is 0.0236 e. The van der Waals surface area contributed by atoms with Gasteiger partial charge in [-0.15, -0.1) is 0 Å². The van der Waals surface area contributed by atoms with Crippen molar-refractivity contribution in [3.63, 3.8) is 0 Å². The van der Waals surface area contributed by atoms with E-state index in [1.807, 2.05) is 0 Å². The number of hydrogen-bond acceptors (Lipinski definition) is 2. The lowest BCUT2D eigenvalue weighted by atomic mass is 10.0. The second-order valence-electron chi connectivity index (χ2n) is 5.09. The molecule has 2 aliphatic heterocycles. The number of rotatable bonds is 2. The van der Waals surface area contributed by atoms with Gasteiger partial charge in [0.15, 0.2) is 0 Å². The third-order valence-electron chi connectivity index (χ3n) is 3.92. The lowest BCUT2D eigenvalue weighted by molar-refractivity contribution is 0.172. The fourth-order valence-electron chi connectivity index (χ4n) is 3.05. The first-order valence-electron chi connectivity index (χ1n) is 6.43. The lowest BCUT2D eigenvalue weighted by Crippen LogP contribution is -2.54. The zero-order chi connectivity index (χ0) is 10.8. The summed E-state index contributed by atoms with van der Waals surface area (Å²) in [6, 6.07) is 12.3. The standard InChI is InChI=1S/C14H20N2/c1-2-5-12(6-3-1)9-13-11-16-8-4-7-14(16)10-15-13/h1-3,5-6,13-15H,4,7-11H2/t13-,14-/m1/s1. The van der Waals surface area contributed by atoms with E-state index in [4.69, 9.17) is 0 Å². The molecule has 2 saturated heterocycles. The van der Waals surface area contributed by atoms with E-state index in [1.165, 1.54) is 44.5 Å². The Balaban J connectivity index is 1.60. The van der Waals surface area contributed by atoms with E-state index in [0.29, 0.717) is 6.04 Å². The van der Waals surface area contributed by atoms with E-state index in [9.17, 15) is 0 Å². The van der Waals surface area contributed by atoms with Crippen LogP contribution in [0.15, 0.2) is 30.3 Å². The van der Waals surface area contributed by atoms with Gasteiger partial charge in [0.1, 0.15) is 0 Å². The minimum Gasteiger partial charge on any atom is -0.311 e. The van der Waals surface area contributed by atoms with Crippen molar-refractivity contribution < 1.29 is 0 Å². The third-order valence-corrected chi connectivity index (χ3v) is 3.92. The predicted molar refractivity (Wildman–Crippen MR) is 66.5 cm³/mol. The van der Waals surface area contributed by atoms with Gasteiger partial charge in [0.25, 0.3) is 0 Å². The van der Waals surface area contributed by atoms with Gasteiger partial charge in [-0.05, 0) is 31.4 Å². The minimum absolute atomic E-state index is 0.650. The molecule has 2 nitrogen and oxygen atoms in total. The van der Waals surface area contributed by atoms with Gasteiger partial charge < -0.3 is 5.32 Å². The van der Waals surface area contributed by atoms with Crippen LogP contribution in [0.3, 0.4) is 0 Å². The largest absolute Gasteiger partial charge is 0.311 e. The Hall–Kier alpha value is -0.860. The van der Waals surface area contributed by atoms with Crippen LogP contribution in [-0.2, 0) is 6.42 Å². The molecule has 0 unspecified atom stereocenters. The normalized spacial score (nSPS) is 30.2. The van der Waals surface area contributed by atoms with Crippen LogP contribution in [-0.4, -0.2) is 36.6 Å². The molecule has 0 bridgehead atoms. The van der Waals surface area contributed by atoms with Crippen molar-refractivity contribution >= 4 is 0 Å². The first kappa shape index (κ1) is 10.3. The van der Waals surface area contributed by atoms with E-state index in [0.717, 1.165) is 6.04 Å². The highest BCUT2D eigenvalue weighted by molar-refractivity contribution is 5.16. The number of benzene rings is 1. The van der Waals surface area contributed by atoms with Gasteiger partial charge in [-0.25, -0.2) is 0 Å². The lowest BCUT2D eigenvalue weighted by Gasteiger charge is -2.36. The van der Waals surface area contributed by atoms with E-state index in [2.05, 4.69) is 40.5 Å². The van der Waals surface area contributed by atoms with Gasteiger partial charge in [0.05, 0.1) is 0 Å². The van der Waals surface area contributed by atoms with Gasteiger partial charge in [0, 0.05) is 25.2 Å². The van der Waals surface area contributed by atoms with Crippen LogP contribution in [0.5, 0.6) is 0 Å². The molecule has 1 aromatic carbocycles. The second-order valence-corrected chi connectivity index (χ2v) is 5.09. The Kier molecular flexibility index (Phi) is 2.94. The van der Waals surface area contributed by atoms with Gasteiger partial charge in [-0.1, -0.05) is 30.3 Å². The molecule has 0 aliphatic carbocycles. The first-order chi connectivity index (χ1) is 7.92. The molecule has 86 valence electrons. The summed E-state index contributed by atoms with van der Waals surface area (Å²) < 4.78 is 0. The number of nitrogens with one attached hydrogen (secondary N) is 1. The molecule has 0 spiro atoms. The molecular weight excluding hydrogens is 196 g/mol. The summed E-state index contributed by atoms with van der Waals surface area (Å²) in [5.74, 6) is 0. The van der Waals surface area contributed by atoms with Crippen LogP contribution in [0.1, 0.15) is 18.4 Å². The Morgan fingerprint density at radius 1 is 1.25 bits per heavy atom. The first-order valence-corrected chi connectivity index (χ1v) is 6.43. The Labute approximate surface area is 97.6 Å². The molecular formula is C14H20N2. The fraction of sp³-hybridized carbons (Fsp3) is 0.571. The number of hydrogen-bond donors (Lipinski definition) is 1. The van der Waals surface area contributed by atoms with Crippen molar-refractivity contribution in [1.82, 2.24) is 10.2 Å². The molecule has 2 aliphatic rings. The van der Waals surface area contributed by atoms with Crippen molar-refractivity contribution in [2.45, 2.75) is 31.3 Å². The average Bonchev–Trinajstić information content (AvgIpc) is 2.77. The molecule has 1 N–H and O–H groups in total. The zero-order valence-corrected chi connectivity index (χ0v) is 9.73. The summed E-state index contributed by atoms with van der Waals surface area (Å²) in [5, 5.41) is 3.70. The molecule has 2 heterocycles. The van der Waals surface area contributed by atoms with E-state index in [-0.39, 0.29) is 0 Å². The summed E-state index contributed by atoms with van der Waals surface area (Å²) in [7, 11) is 0. The summed E-state index contributed by atoms with van der Waals surface area (Å²) in [6.45, 7) is 3.74. The molecule has 0 amide bonds. The van der Waals surface area contributed by atoms with Gasteiger partial charge in [0.2, 0.25) is 0 Å². The average molecular weight is 216 g/mol. The summed E-state index contributed by atoms with van der Waals surface area (Å²) in [5.41, 5.74) is 1.46. The van der Waals surface area contributed by atoms with Crippen molar-refractivity contribution in [1.29, 1.82) is 0 Å². The van der Waals surface area contributed by atoms with E-state index < -0.39 is 0 Å². The van der Waals surface area contributed by atoms with Gasteiger partial charge in [-0.3, -0.25) is 4.90 Å². The van der Waals surface area contributed by atoms with Crippen molar-refractivity contribution in [2.75, 3.05) is 19.6 Å². The Morgan fingerprint density at radius 2 is 2.12 bits per heavy atom.